The highest BCUT2D eigenvalue weighted by molar-refractivity contribution is 5.97. The molecule has 0 aliphatic heterocycles. The van der Waals surface area contributed by atoms with Crippen molar-refractivity contribution in [1.82, 2.24) is 5.43 Å². The Morgan fingerprint density at radius 1 is 0.973 bits per heavy atom. The minimum Gasteiger partial charge on any atom is -0.497 e. The van der Waals surface area contributed by atoms with E-state index in [0.29, 0.717) is 36.0 Å². The number of nitrogens with one attached hydrogen (secondary N) is 1. The highest BCUT2D eigenvalue weighted by Gasteiger charge is 2.23. The molecular weight excluding hydrogens is 482 g/mol. The third kappa shape index (κ3) is 6.82. The summed E-state index contributed by atoms with van der Waals surface area (Å²) in [5, 5.41) is 15.5. The average molecular weight is 507 g/mol. The molecule has 0 heterocycles. The van der Waals surface area contributed by atoms with Gasteiger partial charge in [0.1, 0.15) is 5.75 Å². The summed E-state index contributed by atoms with van der Waals surface area (Å²) in [6.07, 6.45) is 1.15. The zero-order valence-corrected chi connectivity index (χ0v) is 20.4. The second-order valence-corrected chi connectivity index (χ2v) is 7.30. The molecule has 0 aliphatic rings. The second-order valence-electron chi connectivity index (χ2n) is 7.30. The van der Waals surface area contributed by atoms with Crippen molar-refractivity contribution in [3.8, 4) is 23.0 Å². The summed E-state index contributed by atoms with van der Waals surface area (Å²) in [6, 6.07) is 14.9. The Kier molecular flexibility index (Phi) is 9.14. The van der Waals surface area contributed by atoms with Crippen molar-refractivity contribution in [1.29, 1.82) is 0 Å². The molecule has 192 valence electrons. The molecule has 0 saturated carbocycles. The van der Waals surface area contributed by atoms with Gasteiger partial charge < -0.3 is 18.9 Å². The van der Waals surface area contributed by atoms with Gasteiger partial charge in [0.2, 0.25) is 5.75 Å². The number of hydrogen-bond donors (Lipinski definition) is 1. The fourth-order valence-corrected chi connectivity index (χ4v) is 3.20. The summed E-state index contributed by atoms with van der Waals surface area (Å²) in [5.41, 5.74) is 2.41. The number of nitro groups is 1. The molecule has 0 bridgehead atoms. The fraction of sp³-hybridized carbons (Fsp3) is 0.192. The Bertz CT molecular complexity index is 1310. The number of methoxy groups -OCH3 is 1. The first-order valence-electron chi connectivity index (χ1n) is 11.2. The van der Waals surface area contributed by atoms with E-state index in [1.54, 1.807) is 37.3 Å². The average Bonchev–Trinajstić information content (AvgIpc) is 2.90. The van der Waals surface area contributed by atoms with Crippen LogP contribution in [0.1, 0.15) is 40.1 Å². The van der Waals surface area contributed by atoms with E-state index in [-0.39, 0.29) is 16.9 Å². The highest BCUT2D eigenvalue weighted by atomic mass is 16.6. The van der Waals surface area contributed by atoms with Crippen molar-refractivity contribution in [2.45, 2.75) is 13.8 Å². The van der Waals surface area contributed by atoms with Gasteiger partial charge in [0.05, 0.1) is 37.0 Å². The van der Waals surface area contributed by atoms with Crippen LogP contribution in [0.5, 0.6) is 23.0 Å². The van der Waals surface area contributed by atoms with E-state index in [1.165, 1.54) is 37.4 Å². The van der Waals surface area contributed by atoms with Crippen molar-refractivity contribution in [2.24, 2.45) is 5.10 Å². The van der Waals surface area contributed by atoms with Gasteiger partial charge >= 0.3 is 11.7 Å². The van der Waals surface area contributed by atoms with Crippen LogP contribution in [0, 0.1) is 10.1 Å². The van der Waals surface area contributed by atoms with Gasteiger partial charge in [0.25, 0.3) is 5.91 Å². The third-order valence-corrected chi connectivity index (χ3v) is 4.92. The normalized spacial score (nSPS) is 10.6. The molecule has 0 saturated heterocycles. The van der Waals surface area contributed by atoms with E-state index in [0.717, 1.165) is 6.21 Å². The van der Waals surface area contributed by atoms with E-state index in [9.17, 15) is 19.7 Å². The molecule has 0 atom stereocenters. The Labute approximate surface area is 212 Å². The number of amides is 1. The number of ether oxygens (including phenoxy) is 4. The molecule has 37 heavy (non-hydrogen) atoms. The first kappa shape index (κ1) is 26.7. The van der Waals surface area contributed by atoms with E-state index in [1.807, 2.05) is 6.92 Å². The molecule has 0 aliphatic carbocycles. The fourth-order valence-electron chi connectivity index (χ4n) is 3.20. The van der Waals surface area contributed by atoms with Crippen LogP contribution < -0.4 is 24.4 Å². The standard InChI is InChI=1S/C26H25N3O8/c1-4-35-22-14-11-18(15-23(22)36-5-2)26(31)37-24-19(7-6-8-21(24)29(32)33)16-27-28-25(30)17-9-12-20(34-3)13-10-17/h6-16H,4-5H2,1-3H3,(H,28,30)/b27-16+. The van der Waals surface area contributed by atoms with Crippen LogP contribution in [0.4, 0.5) is 5.69 Å². The van der Waals surface area contributed by atoms with E-state index in [2.05, 4.69) is 10.5 Å². The molecule has 0 aromatic heterocycles. The number of para-hydroxylation sites is 1. The van der Waals surface area contributed by atoms with Crippen LogP contribution in [-0.4, -0.2) is 43.3 Å². The lowest BCUT2D eigenvalue weighted by Crippen LogP contribution is -2.17. The minimum absolute atomic E-state index is 0.0979. The molecule has 3 aromatic rings. The number of esters is 1. The molecule has 3 rings (SSSR count). The van der Waals surface area contributed by atoms with Crippen LogP contribution >= 0.6 is 0 Å². The number of benzene rings is 3. The topological polar surface area (TPSA) is 139 Å². The van der Waals surface area contributed by atoms with Crippen LogP contribution in [0.2, 0.25) is 0 Å². The Hall–Kier alpha value is -4.93. The molecule has 0 fully saturated rings. The van der Waals surface area contributed by atoms with Gasteiger partial charge in [0, 0.05) is 17.2 Å². The number of carbonyl (C=O) groups excluding carboxylic acids is 2. The molecule has 0 unspecified atom stereocenters. The van der Waals surface area contributed by atoms with E-state index < -0.39 is 22.5 Å². The smallest absolute Gasteiger partial charge is 0.343 e. The first-order valence-corrected chi connectivity index (χ1v) is 11.2. The Balaban J connectivity index is 1.84. The molecule has 1 N–H and O–H groups in total. The summed E-state index contributed by atoms with van der Waals surface area (Å²) in [6.45, 7) is 4.34. The van der Waals surface area contributed by atoms with Gasteiger partial charge in [0.15, 0.2) is 11.5 Å². The van der Waals surface area contributed by atoms with Crippen molar-refractivity contribution in [2.75, 3.05) is 20.3 Å². The number of rotatable bonds is 11. The predicted molar refractivity (Wildman–Crippen MR) is 135 cm³/mol. The highest BCUT2D eigenvalue weighted by Crippen LogP contribution is 2.32. The Morgan fingerprint density at radius 3 is 2.30 bits per heavy atom. The quantitative estimate of drug-likeness (QED) is 0.133. The van der Waals surface area contributed by atoms with E-state index >= 15 is 0 Å². The maximum absolute atomic E-state index is 12.9. The van der Waals surface area contributed by atoms with Crippen LogP contribution in [0.25, 0.3) is 0 Å². The van der Waals surface area contributed by atoms with Gasteiger partial charge in [-0.15, -0.1) is 0 Å². The number of carbonyl (C=O) groups is 2. The lowest BCUT2D eigenvalue weighted by atomic mass is 10.1. The lowest BCUT2D eigenvalue weighted by Gasteiger charge is -2.12. The van der Waals surface area contributed by atoms with Crippen LogP contribution in [-0.2, 0) is 0 Å². The third-order valence-electron chi connectivity index (χ3n) is 4.92. The summed E-state index contributed by atoms with van der Waals surface area (Å²) in [7, 11) is 1.51. The maximum atomic E-state index is 12.9. The van der Waals surface area contributed by atoms with Gasteiger partial charge in [-0.2, -0.15) is 5.10 Å². The largest absolute Gasteiger partial charge is 0.497 e. The van der Waals surface area contributed by atoms with Crippen molar-refractivity contribution >= 4 is 23.8 Å². The summed E-state index contributed by atoms with van der Waals surface area (Å²) >= 11 is 0. The zero-order chi connectivity index (χ0) is 26.8. The van der Waals surface area contributed by atoms with Gasteiger partial charge in [-0.25, -0.2) is 10.2 Å². The lowest BCUT2D eigenvalue weighted by molar-refractivity contribution is -0.385. The summed E-state index contributed by atoms with van der Waals surface area (Å²) in [4.78, 5) is 36.2. The number of hydrazone groups is 1. The number of nitro benzene ring substituents is 1. The van der Waals surface area contributed by atoms with Crippen molar-refractivity contribution in [3.05, 3.63) is 87.5 Å². The minimum atomic E-state index is -0.852. The molecule has 11 nitrogen and oxygen atoms in total. The number of hydrogen-bond acceptors (Lipinski definition) is 9. The SMILES string of the molecule is CCOc1ccc(C(=O)Oc2c(/C=N/NC(=O)c3ccc(OC)cc3)cccc2[N+](=O)[O-])cc1OCC. The van der Waals surface area contributed by atoms with Gasteiger partial charge in [-0.05, 0) is 62.4 Å². The molecule has 3 aromatic carbocycles. The van der Waals surface area contributed by atoms with E-state index in [4.69, 9.17) is 18.9 Å². The van der Waals surface area contributed by atoms with Gasteiger partial charge in [-0.1, -0.05) is 6.07 Å². The Morgan fingerprint density at radius 2 is 1.65 bits per heavy atom. The monoisotopic (exact) mass is 507 g/mol. The second kappa shape index (κ2) is 12.7. The molecule has 11 heteroatoms. The zero-order valence-electron chi connectivity index (χ0n) is 20.4. The predicted octanol–water partition coefficient (Wildman–Crippen LogP) is 4.38. The molecule has 1 amide bonds. The molecular formula is C26H25N3O8. The van der Waals surface area contributed by atoms with Crippen LogP contribution in [0.15, 0.2) is 65.8 Å². The molecule has 0 radical (unpaired) electrons. The van der Waals surface area contributed by atoms with Crippen molar-refractivity contribution in [3.63, 3.8) is 0 Å². The van der Waals surface area contributed by atoms with Crippen molar-refractivity contribution < 1.29 is 33.5 Å². The van der Waals surface area contributed by atoms with Crippen LogP contribution in [0.3, 0.4) is 0 Å². The number of nitrogens with zero attached hydrogens (tertiary/aromatic N) is 2. The summed E-state index contributed by atoms with van der Waals surface area (Å²) < 4.78 is 21.5. The molecule has 0 spiro atoms. The first-order chi connectivity index (χ1) is 17.9. The van der Waals surface area contributed by atoms with Gasteiger partial charge in [-0.3, -0.25) is 14.9 Å². The summed E-state index contributed by atoms with van der Waals surface area (Å²) in [5.74, 6) is -0.317. The maximum Gasteiger partial charge on any atom is 0.343 e.